The Hall–Kier alpha value is -3.46. The van der Waals surface area contributed by atoms with Crippen molar-refractivity contribution in [3.63, 3.8) is 0 Å². The summed E-state index contributed by atoms with van der Waals surface area (Å²) in [5, 5.41) is 15.7. The number of thioether (sulfide) groups is 1. The lowest BCUT2D eigenvalue weighted by molar-refractivity contribution is -0.113. The number of hydrogen-bond donors (Lipinski definition) is 2. The molecule has 0 spiro atoms. The van der Waals surface area contributed by atoms with Crippen molar-refractivity contribution in [2.45, 2.75) is 18.5 Å². The number of nitrogens with zero attached hydrogens (tertiary/aromatic N) is 4. The molecule has 0 saturated heterocycles. The first-order chi connectivity index (χ1) is 14.1. The number of benzene rings is 2. The Morgan fingerprint density at radius 1 is 1.14 bits per heavy atom. The summed E-state index contributed by atoms with van der Waals surface area (Å²) < 4.78 is 1.46. The number of H-pyrrole nitrogens is 1. The summed E-state index contributed by atoms with van der Waals surface area (Å²) in [6, 6.07) is 17.2. The monoisotopic (exact) mass is 406 g/mol. The molecule has 4 rings (SSSR count). The lowest BCUT2D eigenvalue weighted by atomic mass is 10.1. The van der Waals surface area contributed by atoms with Crippen molar-refractivity contribution in [3.05, 3.63) is 81.8 Å². The SMILES string of the molecule is Cc1cccc(NC(=O)CSc2nnc3[nH]c(=O)c(Cc4ccccc4)nn23)c1. The highest BCUT2D eigenvalue weighted by Crippen LogP contribution is 2.16. The van der Waals surface area contributed by atoms with E-state index in [0.717, 1.165) is 16.8 Å². The minimum absolute atomic E-state index is 0.142. The molecule has 8 nitrogen and oxygen atoms in total. The Morgan fingerprint density at radius 3 is 2.76 bits per heavy atom. The fourth-order valence-electron chi connectivity index (χ4n) is 2.82. The van der Waals surface area contributed by atoms with Crippen LogP contribution in [0.4, 0.5) is 5.69 Å². The van der Waals surface area contributed by atoms with Crippen LogP contribution in [0.15, 0.2) is 64.5 Å². The molecule has 0 fully saturated rings. The van der Waals surface area contributed by atoms with E-state index in [-0.39, 0.29) is 23.0 Å². The number of carbonyl (C=O) groups excluding carboxylic acids is 1. The maximum atomic E-state index is 12.3. The van der Waals surface area contributed by atoms with Gasteiger partial charge in [-0.15, -0.1) is 10.2 Å². The number of aromatic amines is 1. The highest BCUT2D eigenvalue weighted by molar-refractivity contribution is 7.99. The molecule has 146 valence electrons. The third-order valence-electron chi connectivity index (χ3n) is 4.17. The van der Waals surface area contributed by atoms with E-state index >= 15 is 0 Å². The predicted molar refractivity (Wildman–Crippen MR) is 111 cm³/mol. The second-order valence-electron chi connectivity index (χ2n) is 6.49. The molecule has 0 saturated carbocycles. The topological polar surface area (TPSA) is 105 Å². The fourth-order valence-corrected chi connectivity index (χ4v) is 3.50. The zero-order valence-electron chi connectivity index (χ0n) is 15.6. The van der Waals surface area contributed by atoms with E-state index in [1.54, 1.807) is 0 Å². The first kappa shape index (κ1) is 18.9. The normalized spacial score (nSPS) is 10.9. The molecule has 0 aliphatic rings. The lowest BCUT2D eigenvalue weighted by Gasteiger charge is -2.05. The summed E-state index contributed by atoms with van der Waals surface area (Å²) in [7, 11) is 0. The van der Waals surface area contributed by atoms with Gasteiger partial charge in [0.25, 0.3) is 11.3 Å². The van der Waals surface area contributed by atoms with E-state index < -0.39 is 0 Å². The fraction of sp³-hybridized carbons (Fsp3) is 0.150. The average molecular weight is 406 g/mol. The maximum absolute atomic E-state index is 12.3. The van der Waals surface area contributed by atoms with Gasteiger partial charge in [-0.3, -0.25) is 14.6 Å². The molecule has 9 heteroatoms. The summed E-state index contributed by atoms with van der Waals surface area (Å²) in [4.78, 5) is 27.2. The molecule has 2 heterocycles. The van der Waals surface area contributed by atoms with E-state index in [0.29, 0.717) is 17.3 Å². The van der Waals surface area contributed by atoms with Crippen LogP contribution in [0.1, 0.15) is 16.8 Å². The minimum Gasteiger partial charge on any atom is -0.325 e. The van der Waals surface area contributed by atoms with Crippen LogP contribution in [0.25, 0.3) is 5.78 Å². The summed E-state index contributed by atoms with van der Waals surface area (Å²) in [6.45, 7) is 1.96. The van der Waals surface area contributed by atoms with Gasteiger partial charge in [-0.25, -0.2) is 0 Å². The van der Waals surface area contributed by atoms with Gasteiger partial charge in [0.05, 0.1) is 5.75 Å². The quantitative estimate of drug-likeness (QED) is 0.477. The number of rotatable bonds is 6. The lowest BCUT2D eigenvalue weighted by Crippen LogP contribution is -2.19. The number of nitrogens with one attached hydrogen (secondary N) is 2. The van der Waals surface area contributed by atoms with Crippen LogP contribution in [0.2, 0.25) is 0 Å². The van der Waals surface area contributed by atoms with Gasteiger partial charge in [-0.2, -0.15) is 9.61 Å². The summed E-state index contributed by atoms with van der Waals surface area (Å²) in [5.74, 6) is 0.225. The Bertz CT molecular complexity index is 1220. The molecule has 0 radical (unpaired) electrons. The van der Waals surface area contributed by atoms with Crippen molar-refractivity contribution < 1.29 is 4.79 Å². The molecular formula is C20H18N6O2S. The first-order valence-electron chi connectivity index (χ1n) is 8.96. The zero-order chi connectivity index (χ0) is 20.2. The molecule has 0 aliphatic heterocycles. The van der Waals surface area contributed by atoms with E-state index in [2.05, 4.69) is 25.6 Å². The average Bonchev–Trinajstić information content (AvgIpc) is 3.09. The number of fused-ring (bicyclic) bond motifs is 1. The van der Waals surface area contributed by atoms with Gasteiger partial charge in [0, 0.05) is 12.1 Å². The Balaban J connectivity index is 1.49. The highest BCUT2D eigenvalue weighted by Gasteiger charge is 2.14. The molecular weight excluding hydrogens is 388 g/mol. The summed E-state index contributed by atoms with van der Waals surface area (Å²) >= 11 is 1.20. The van der Waals surface area contributed by atoms with Crippen molar-refractivity contribution in [1.82, 2.24) is 24.8 Å². The van der Waals surface area contributed by atoms with Gasteiger partial charge >= 0.3 is 0 Å². The molecule has 2 aromatic carbocycles. The zero-order valence-corrected chi connectivity index (χ0v) is 16.4. The van der Waals surface area contributed by atoms with Gasteiger partial charge in [0.1, 0.15) is 5.69 Å². The molecule has 0 aliphatic carbocycles. The van der Waals surface area contributed by atoms with Crippen LogP contribution in [-0.4, -0.2) is 36.5 Å². The van der Waals surface area contributed by atoms with Crippen molar-refractivity contribution in [1.29, 1.82) is 0 Å². The van der Waals surface area contributed by atoms with Gasteiger partial charge in [0.2, 0.25) is 11.1 Å². The third-order valence-corrected chi connectivity index (χ3v) is 5.09. The Kier molecular flexibility index (Phi) is 5.39. The number of carbonyl (C=O) groups is 1. The summed E-state index contributed by atoms with van der Waals surface area (Å²) in [5.41, 5.74) is 2.84. The van der Waals surface area contributed by atoms with Gasteiger partial charge in [0.15, 0.2) is 0 Å². The van der Waals surface area contributed by atoms with Crippen LogP contribution in [0.3, 0.4) is 0 Å². The molecule has 29 heavy (non-hydrogen) atoms. The smallest absolute Gasteiger partial charge is 0.274 e. The van der Waals surface area contributed by atoms with Crippen LogP contribution in [0, 0.1) is 6.92 Å². The summed E-state index contributed by atoms with van der Waals surface area (Å²) in [6.07, 6.45) is 0.391. The molecule has 1 amide bonds. The van der Waals surface area contributed by atoms with Crippen molar-refractivity contribution >= 4 is 29.1 Å². The maximum Gasteiger partial charge on any atom is 0.274 e. The predicted octanol–water partition coefficient (Wildman–Crippen LogP) is 2.44. The van der Waals surface area contributed by atoms with Crippen LogP contribution in [-0.2, 0) is 11.2 Å². The molecule has 0 atom stereocenters. The number of aromatic nitrogens is 5. The molecule has 0 bridgehead atoms. The highest BCUT2D eigenvalue weighted by atomic mass is 32.2. The molecule has 4 aromatic rings. The Morgan fingerprint density at radius 2 is 1.97 bits per heavy atom. The minimum atomic E-state index is -0.303. The molecule has 2 aromatic heterocycles. The van der Waals surface area contributed by atoms with Crippen LogP contribution >= 0.6 is 11.8 Å². The number of aryl methyl sites for hydroxylation is 1. The number of amides is 1. The van der Waals surface area contributed by atoms with Crippen LogP contribution < -0.4 is 10.9 Å². The second kappa shape index (κ2) is 8.27. The van der Waals surface area contributed by atoms with Gasteiger partial charge in [-0.1, -0.05) is 54.2 Å². The van der Waals surface area contributed by atoms with Crippen molar-refractivity contribution in [2.75, 3.05) is 11.1 Å². The largest absolute Gasteiger partial charge is 0.325 e. The van der Waals surface area contributed by atoms with E-state index in [9.17, 15) is 9.59 Å². The van der Waals surface area contributed by atoms with E-state index in [4.69, 9.17) is 0 Å². The van der Waals surface area contributed by atoms with Gasteiger partial charge < -0.3 is 5.32 Å². The van der Waals surface area contributed by atoms with Gasteiger partial charge in [-0.05, 0) is 30.2 Å². The van der Waals surface area contributed by atoms with E-state index in [1.807, 2.05) is 61.5 Å². The van der Waals surface area contributed by atoms with E-state index in [1.165, 1.54) is 16.3 Å². The first-order valence-corrected chi connectivity index (χ1v) is 9.95. The van der Waals surface area contributed by atoms with Crippen LogP contribution in [0.5, 0.6) is 0 Å². The molecule has 2 N–H and O–H groups in total. The number of hydrogen-bond acceptors (Lipinski definition) is 6. The Labute approximate surface area is 170 Å². The standard InChI is InChI=1S/C20H18N6O2S/c1-13-6-5-9-15(10-13)21-17(27)12-29-20-24-23-19-22-18(28)16(25-26(19)20)11-14-7-3-2-4-8-14/h2-10H,11-12H2,1H3,(H,21,27)(H,22,23,28). The van der Waals surface area contributed by atoms with Crippen molar-refractivity contribution in [3.8, 4) is 0 Å². The third kappa shape index (κ3) is 4.52. The van der Waals surface area contributed by atoms with Crippen molar-refractivity contribution in [2.24, 2.45) is 0 Å². The molecule has 0 unspecified atom stereocenters. The number of anilines is 1. The second-order valence-corrected chi connectivity index (χ2v) is 7.43.